The largest absolute Gasteiger partial charge is 0.353 e. The standard InChI is InChI=1S/C22H30Cl2N4O2/c1-15(2)12-27(13-18-7-6-10-26(18)5)21(29)14-28(16(3)4)22(30)25-20-9-8-17(23)11-19(20)24/h6-11,15-16H,12-14H2,1-5H3,(H,25,30). The molecule has 0 aliphatic heterocycles. The number of carbonyl (C=O) groups excluding carboxylic acids is 2. The van der Waals surface area contributed by atoms with E-state index in [0.717, 1.165) is 5.69 Å². The van der Waals surface area contributed by atoms with Crippen LogP contribution in [0.5, 0.6) is 0 Å². The highest BCUT2D eigenvalue weighted by molar-refractivity contribution is 6.36. The zero-order valence-electron chi connectivity index (χ0n) is 18.2. The first-order valence-electron chi connectivity index (χ1n) is 9.99. The summed E-state index contributed by atoms with van der Waals surface area (Å²) in [5.41, 5.74) is 1.49. The molecule has 0 saturated heterocycles. The summed E-state index contributed by atoms with van der Waals surface area (Å²) in [4.78, 5) is 29.4. The molecule has 0 atom stereocenters. The second kappa shape index (κ2) is 10.7. The van der Waals surface area contributed by atoms with Crippen LogP contribution in [0.4, 0.5) is 10.5 Å². The Balaban J connectivity index is 2.14. The molecule has 8 heteroatoms. The maximum absolute atomic E-state index is 13.2. The van der Waals surface area contributed by atoms with Crippen molar-refractivity contribution in [3.63, 3.8) is 0 Å². The molecule has 0 fully saturated rings. The van der Waals surface area contributed by atoms with Gasteiger partial charge in [-0.25, -0.2) is 4.79 Å². The minimum absolute atomic E-state index is 0.0220. The molecule has 1 aromatic carbocycles. The van der Waals surface area contributed by atoms with Crippen molar-refractivity contribution in [3.05, 3.63) is 52.3 Å². The molecule has 1 heterocycles. The summed E-state index contributed by atoms with van der Waals surface area (Å²) in [6.07, 6.45) is 1.96. The van der Waals surface area contributed by atoms with E-state index >= 15 is 0 Å². The first-order chi connectivity index (χ1) is 14.1. The zero-order chi connectivity index (χ0) is 22.4. The van der Waals surface area contributed by atoms with E-state index in [-0.39, 0.29) is 24.5 Å². The third-order valence-corrected chi connectivity index (χ3v) is 5.25. The molecule has 0 spiro atoms. The normalized spacial score (nSPS) is 11.1. The van der Waals surface area contributed by atoms with Gasteiger partial charge >= 0.3 is 6.03 Å². The van der Waals surface area contributed by atoms with Crippen LogP contribution >= 0.6 is 23.2 Å². The van der Waals surface area contributed by atoms with E-state index in [4.69, 9.17) is 23.2 Å². The van der Waals surface area contributed by atoms with Crippen molar-refractivity contribution in [1.82, 2.24) is 14.4 Å². The molecule has 6 nitrogen and oxygen atoms in total. The molecule has 0 unspecified atom stereocenters. The molecule has 30 heavy (non-hydrogen) atoms. The highest BCUT2D eigenvalue weighted by Gasteiger charge is 2.25. The first kappa shape index (κ1) is 24.1. The van der Waals surface area contributed by atoms with Crippen molar-refractivity contribution in [1.29, 1.82) is 0 Å². The molecule has 0 bridgehead atoms. The van der Waals surface area contributed by atoms with Crippen LogP contribution in [0.25, 0.3) is 0 Å². The molecule has 2 rings (SSSR count). The summed E-state index contributed by atoms with van der Waals surface area (Å²) < 4.78 is 2.00. The van der Waals surface area contributed by atoms with Crippen LogP contribution in [0, 0.1) is 5.92 Å². The average molecular weight is 453 g/mol. The van der Waals surface area contributed by atoms with Crippen molar-refractivity contribution in [2.45, 2.75) is 40.3 Å². The number of hydrogen-bond acceptors (Lipinski definition) is 2. The van der Waals surface area contributed by atoms with Crippen LogP contribution in [-0.2, 0) is 18.4 Å². The van der Waals surface area contributed by atoms with E-state index in [1.54, 1.807) is 23.1 Å². The van der Waals surface area contributed by atoms with E-state index in [2.05, 4.69) is 19.2 Å². The predicted octanol–water partition coefficient (Wildman–Crippen LogP) is 5.26. The van der Waals surface area contributed by atoms with E-state index in [0.29, 0.717) is 34.7 Å². The van der Waals surface area contributed by atoms with Gasteiger partial charge in [-0.2, -0.15) is 0 Å². The number of amides is 3. The number of nitrogens with zero attached hydrogens (tertiary/aromatic N) is 3. The average Bonchev–Trinajstić information content (AvgIpc) is 3.05. The summed E-state index contributed by atoms with van der Waals surface area (Å²) in [5.74, 6) is 0.208. The molecule has 3 amide bonds. The molecule has 1 aromatic heterocycles. The van der Waals surface area contributed by atoms with Crippen molar-refractivity contribution in [2.75, 3.05) is 18.4 Å². The van der Waals surface area contributed by atoms with Gasteiger partial charge in [0.25, 0.3) is 0 Å². The summed E-state index contributed by atoms with van der Waals surface area (Å²) in [7, 11) is 1.96. The number of nitrogens with one attached hydrogen (secondary N) is 1. The van der Waals surface area contributed by atoms with Gasteiger partial charge in [-0.3, -0.25) is 4.79 Å². The zero-order valence-corrected chi connectivity index (χ0v) is 19.7. The van der Waals surface area contributed by atoms with Gasteiger partial charge in [0.15, 0.2) is 0 Å². The quantitative estimate of drug-likeness (QED) is 0.593. The second-order valence-electron chi connectivity index (χ2n) is 8.05. The second-order valence-corrected chi connectivity index (χ2v) is 8.90. The molecular formula is C22H30Cl2N4O2. The highest BCUT2D eigenvalue weighted by atomic mass is 35.5. The van der Waals surface area contributed by atoms with E-state index in [1.165, 1.54) is 4.90 Å². The lowest BCUT2D eigenvalue weighted by Crippen LogP contribution is -2.48. The van der Waals surface area contributed by atoms with Crippen LogP contribution < -0.4 is 5.32 Å². The third kappa shape index (κ3) is 6.67. The Hall–Kier alpha value is -2.18. The van der Waals surface area contributed by atoms with Gasteiger partial charge in [-0.15, -0.1) is 0 Å². The Labute approximate surface area is 188 Å². The summed E-state index contributed by atoms with van der Waals surface area (Å²) in [5, 5.41) is 3.61. The lowest BCUT2D eigenvalue weighted by atomic mass is 10.2. The summed E-state index contributed by atoms with van der Waals surface area (Å²) in [6.45, 7) is 8.98. The number of aryl methyl sites for hydroxylation is 1. The minimum Gasteiger partial charge on any atom is -0.353 e. The third-order valence-electron chi connectivity index (χ3n) is 4.70. The molecule has 0 saturated carbocycles. The fourth-order valence-electron chi connectivity index (χ4n) is 3.06. The maximum Gasteiger partial charge on any atom is 0.322 e. The Kier molecular flexibility index (Phi) is 8.62. The van der Waals surface area contributed by atoms with Gasteiger partial charge < -0.3 is 19.7 Å². The van der Waals surface area contributed by atoms with Gasteiger partial charge in [0.05, 0.1) is 17.3 Å². The number of hydrogen-bond donors (Lipinski definition) is 1. The topological polar surface area (TPSA) is 57.6 Å². The highest BCUT2D eigenvalue weighted by Crippen LogP contribution is 2.25. The maximum atomic E-state index is 13.2. The molecule has 164 valence electrons. The fourth-order valence-corrected chi connectivity index (χ4v) is 3.52. The summed E-state index contributed by atoms with van der Waals surface area (Å²) >= 11 is 12.1. The van der Waals surface area contributed by atoms with Crippen LogP contribution in [0.1, 0.15) is 33.4 Å². The number of benzene rings is 1. The Bertz CT molecular complexity index is 880. The van der Waals surface area contributed by atoms with E-state index < -0.39 is 0 Å². The number of anilines is 1. The first-order valence-corrected chi connectivity index (χ1v) is 10.7. The monoisotopic (exact) mass is 452 g/mol. The van der Waals surface area contributed by atoms with Gasteiger partial charge in [0.2, 0.25) is 5.91 Å². The Morgan fingerprint density at radius 3 is 2.37 bits per heavy atom. The Morgan fingerprint density at radius 2 is 1.83 bits per heavy atom. The number of rotatable bonds is 8. The van der Waals surface area contributed by atoms with Crippen LogP contribution in [-0.4, -0.2) is 45.4 Å². The smallest absolute Gasteiger partial charge is 0.322 e. The van der Waals surface area contributed by atoms with E-state index in [9.17, 15) is 9.59 Å². The van der Waals surface area contributed by atoms with Gasteiger partial charge in [0.1, 0.15) is 6.54 Å². The molecule has 2 aromatic rings. The molecule has 0 aliphatic rings. The van der Waals surface area contributed by atoms with Crippen LogP contribution in [0.15, 0.2) is 36.5 Å². The lowest BCUT2D eigenvalue weighted by molar-refractivity contribution is -0.133. The molecule has 0 aliphatic carbocycles. The Morgan fingerprint density at radius 1 is 1.13 bits per heavy atom. The number of urea groups is 1. The van der Waals surface area contributed by atoms with Gasteiger partial charge in [0, 0.05) is 36.5 Å². The van der Waals surface area contributed by atoms with Crippen molar-refractivity contribution < 1.29 is 9.59 Å². The van der Waals surface area contributed by atoms with Crippen molar-refractivity contribution >= 4 is 40.8 Å². The van der Waals surface area contributed by atoms with Gasteiger partial charge in [-0.1, -0.05) is 37.0 Å². The van der Waals surface area contributed by atoms with Crippen LogP contribution in [0.2, 0.25) is 10.0 Å². The lowest BCUT2D eigenvalue weighted by Gasteiger charge is -2.31. The summed E-state index contributed by atoms with van der Waals surface area (Å²) in [6, 6.07) is 8.25. The number of halogens is 2. The van der Waals surface area contributed by atoms with Crippen molar-refractivity contribution in [2.24, 2.45) is 13.0 Å². The molecule has 0 radical (unpaired) electrons. The number of carbonyl (C=O) groups is 2. The van der Waals surface area contributed by atoms with E-state index in [1.807, 2.05) is 43.8 Å². The van der Waals surface area contributed by atoms with Crippen LogP contribution in [0.3, 0.4) is 0 Å². The van der Waals surface area contributed by atoms with Gasteiger partial charge in [-0.05, 0) is 50.1 Å². The molecular weight excluding hydrogens is 423 g/mol. The fraction of sp³-hybridized carbons (Fsp3) is 0.455. The number of aromatic nitrogens is 1. The predicted molar refractivity (Wildman–Crippen MR) is 123 cm³/mol. The van der Waals surface area contributed by atoms with Crippen molar-refractivity contribution in [3.8, 4) is 0 Å². The molecule has 1 N–H and O–H groups in total. The minimum atomic E-state index is -0.383. The SMILES string of the molecule is CC(C)CN(Cc1cccn1C)C(=O)CN(C(=O)Nc1ccc(Cl)cc1Cl)C(C)C.